The van der Waals surface area contributed by atoms with Gasteiger partial charge in [-0.1, -0.05) is 51.1 Å². The fraction of sp³-hybridized carbons (Fsp3) is 0.562. The van der Waals surface area contributed by atoms with Crippen molar-refractivity contribution in [2.75, 3.05) is 19.8 Å². The number of ether oxygens (including phenoxy) is 1. The summed E-state index contributed by atoms with van der Waals surface area (Å²) < 4.78 is 5.72. The molecule has 1 atom stereocenters. The molecule has 1 aromatic carbocycles. The van der Waals surface area contributed by atoms with Crippen LogP contribution in [-0.4, -0.2) is 19.8 Å². The van der Waals surface area contributed by atoms with Crippen LogP contribution in [0.25, 0.3) is 0 Å². The van der Waals surface area contributed by atoms with E-state index >= 15 is 0 Å². The average Bonchev–Trinajstić information content (AvgIpc) is 2.43. The lowest BCUT2D eigenvalue weighted by Gasteiger charge is -2.28. The highest BCUT2D eigenvalue weighted by atomic mass is 16.5. The van der Waals surface area contributed by atoms with Crippen molar-refractivity contribution in [3.63, 3.8) is 0 Å². The van der Waals surface area contributed by atoms with Crippen LogP contribution in [0.1, 0.15) is 32.8 Å². The van der Waals surface area contributed by atoms with E-state index < -0.39 is 5.54 Å². The molecule has 0 heterocycles. The smallest absolute Gasteiger partial charge is 0.155 e. The second-order valence-corrected chi connectivity index (χ2v) is 5.22. The molecular formula is C16H24N2O. The van der Waals surface area contributed by atoms with Crippen molar-refractivity contribution in [1.29, 1.82) is 5.26 Å². The second kappa shape index (κ2) is 7.93. The number of benzene rings is 1. The molecular weight excluding hydrogens is 236 g/mol. The molecule has 1 rings (SSSR count). The van der Waals surface area contributed by atoms with Gasteiger partial charge in [0.1, 0.15) is 0 Å². The summed E-state index contributed by atoms with van der Waals surface area (Å²) in [6, 6.07) is 12.2. The minimum absolute atomic E-state index is 0.381. The molecule has 0 radical (unpaired) electrons. The summed E-state index contributed by atoms with van der Waals surface area (Å²) in [5, 5.41) is 13.0. The van der Waals surface area contributed by atoms with Crippen LogP contribution in [0.3, 0.4) is 0 Å². The third-order valence-corrected chi connectivity index (χ3v) is 2.90. The maximum atomic E-state index is 9.63. The van der Waals surface area contributed by atoms with Gasteiger partial charge in [0, 0.05) is 6.61 Å². The van der Waals surface area contributed by atoms with Gasteiger partial charge >= 0.3 is 0 Å². The van der Waals surface area contributed by atoms with Crippen molar-refractivity contribution in [1.82, 2.24) is 5.32 Å². The molecule has 1 unspecified atom stereocenters. The van der Waals surface area contributed by atoms with Crippen molar-refractivity contribution in [2.24, 2.45) is 5.92 Å². The number of nitriles is 1. The third-order valence-electron chi connectivity index (χ3n) is 2.90. The lowest BCUT2D eigenvalue weighted by atomic mass is 9.92. The van der Waals surface area contributed by atoms with Gasteiger partial charge in [0.05, 0.1) is 12.7 Å². The normalized spacial score (nSPS) is 14.1. The van der Waals surface area contributed by atoms with E-state index in [2.05, 4.69) is 32.2 Å². The first-order chi connectivity index (χ1) is 9.14. The summed E-state index contributed by atoms with van der Waals surface area (Å²) in [5.74, 6) is 0.471. The van der Waals surface area contributed by atoms with Crippen LogP contribution in [-0.2, 0) is 10.3 Å². The van der Waals surface area contributed by atoms with Crippen LogP contribution >= 0.6 is 0 Å². The molecule has 0 aliphatic heterocycles. The van der Waals surface area contributed by atoms with Gasteiger partial charge in [0.15, 0.2) is 5.54 Å². The van der Waals surface area contributed by atoms with Gasteiger partial charge in [-0.2, -0.15) is 5.26 Å². The first kappa shape index (κ1) is 15.7. The van der Waals surface area contributed by atoms with Crippen molar-refractivity contribution in [3.05, 3.63) is 35.9 Å². The van der Waals surface area contributed by atoms with E-state index in [1.54, 1.807) is 0 Å². The molecule has 0 spiro atoms. The first-order valence-electron chi connectivity index (χ1n) is 6.94. The zero-order valence-electron chi connectivity index (χ0n) is 12.1. The topological polar surface area (TPSA) is 45.0 Å². The highest BCUT2D eigenvalue weighted by molar-refractivity contribution is 5.31. The van der Waals surface area contributed by atoms with E-state index in [1.165, 1.54) is 0 Å². The molecule has 1 aromatic rings. The van der Waals surface area contributed by atoms with Crippen LogP contribution in [0.4, 0.5) is 0 Å². The fourth-order valence-corrected chi connectivity index (χ4v) is 1.88. The Labute approximate surface area is 116 Å². The highest BCUT2D eigenvalue weighted by Crippen LogP contribution is 2.21. The largest absolute Gasteiger partial charge is 0.378 e. The van der Waals surface area contributed by atoms with E-state index in [4.69, 9.17) is 4.74 Å². The van der Waals surface area contributed by atoms with Crippen LogP contribution in [0.2, 0.25) is 0 Å². The van der Waals surface area contributed by atoms with Gasteiger partial charge in [-0.25, -0.2) is 0 Å². The molecule has 0 saturated carbocycles. The molecule has 104 valence electrons. The number of nitrogens with one attached hydrogen (secondary N) is 1. The minimum Gasteiger partial charge on any atom is -0.378 e. The fourth-order valence-electron chi connectivity index (χ4n) is 1.88. The zero-order chi connectivity index (χ0) is 14.1. The Hall–Kier alpha value is -1.37. The number of hydrogen-bond acceptors (Lipinski definition) is 3. The van der Waals surface area contributed by atoms with Crippen LogP contribution in [0, 0.1) is 17.2 Å². The van der Waals surface area contributed by atoms with Crippen LogP contribution in [0.5, 0.6) is 0 Å². The van der Waals surface area contributed by atoms with Gasteiger partial charge in [0.2, 0.25) is 0 Å². The molecule has 3 heteroatoms. The minimum atomic E-state index is -0.744. The summed E-state index contributed by atoms with van der Waals surface area (Å²) in [6.45, 7) is 8.16. The standard InChI is InChI=1S/C16H24N2O/c1-4-10-18-16(12-17,13-19-11-14(2)3)15-8-6-5-7-9-15/h5-9,14,18H,4,10-11,13H2,1-3H3. The summed E-state index contributed by atoms with van der Waals surface area (Å²) in [5.41, 5.74) is 0.223. The van der Waals surface area contributed by atoms with E-state index in [9.17, 15) is 5.26 Å². The van der Waals surface area contributed by atoms with E-state index in [0.717, 1.165) is 18.5 Å². The van der Waals surface area contributed by atoms with Crippen molar-refractivity contribution >= 4 is 0 Å². The molecule has 0 aromatic heterocycles. The molecule has 1 N–H and O–H groups in total. The molecule has 0 saturated heterocycles. The molecule has 0 amide bonds. The SMILES string of the molecule is CCCNC(C#N)(COCC(C)C)c1ccccc1. The van der Waals surface area contributed by atoms with Crippen molar-refractivity contribution in [3.8, 4) is 6.07 Å². The van der Waals surface area contributed by atoms with Gasteiger partial charge < -0.3 is 4.74 Å². The van der Waals surface area contributed by atoms with Gasteiger partial charge in [-0.05, 0) is 24.4 Å². The lowest BCUT2D eigenvalue weighted by molar-refractivity contribution is 0.0703. The lowest BCUT2D eigenvalue weighted by Crippen LogP contribution is -2.45. The monoisotopic (exact) mass is 260 g/mol. The Morgan fingerprint density at radius 3 is 2.53 bits per heavy atom. The Morgan fingerprint density at radius 2 is 2.00 bits per heavy atom. The average molecular weight is 260 g/mol. The van der Waals surface area contributed by atoms with Gasteiger partial charge in [-0.15, -0.1) is 0 Å². The summed E-state index contributed by atoms with van der Waals surface area (Å²) in [7, 11) is 0. The molecule has 3 nitrogen and oxygen atoms in total. The predicted molar refractivity (Wildman–Crippen MR) is 77.7 cm³/mol. The Morgan fingerprint density at radius 1 is 1.32 bits per heavy atom. The first-order valence-corrected chi connectivity index (χ1v) is 6.94. The van der Waals surface area contributed by atoms with Crippen molar-refractivity contribution in [2.45, 2.75) is 32.7 Å². The third kappa shape index (κ3) is 4.66. The van der Waals surface area contributed by atoms with E-state index in [-0.39, 0.29) is 0 Å². The maximum absolute atomic E-state index is 9.63. The highest BCUT2D eigenvalue weighted by Gasteiger charge is 2.31. The second-order valence-electron chi connectivity index (χ2n) is 5.22. The van der Waals surface area contributed by atoms with Crippen LogP contribution in [0.15, 0.2) is 30.3 Å². The summed E-state index contributed by atoms with van der Waals surface area (Å²) in [4.78, 5) is 0. The van der Waals surface area contributed by atoms with E-state index in [0.29, 0.717) is 19.1 Å². The quantitative estimate of drug-likeness (QED) is 0.781. The van der Waals surface area contributed by atoms with Crippen LogP contribution < -0.4 is 5.32 Å². The van der Waals surface area contributed by atoms with Gasteiger partial charge in [0.25, 0.3) is 0 Å². The van der Waals surface area contributed by atoms with E-state index in [1.807, 2.05) is 30.3 Å². The Bertz CT molecular complexity index is 397. The molecule has 0 bridgehead atoms. The summed E-state index contributed by atoms with van der Waals surface area (Å²) in [6.07, 6.45) is 0.987. The van der Waals surface area contributed by atoms with Gasteiger partial charge in [-0.3, -0.25) is 5.32 Å². The molecule has 19 heavy (non-hydrogen) atoms. The van der Waals surface area contributed by atoms with Crippen molar-refractivity contribution < 1.29 is 4.74 Å². The zero-order valence-corrected chi connectivity index (χ0v) is 12.1. The Balaban J connectivity index is 2.86. The Kier molecular flexibility index (Phi) is 6.55. The molecule has 0 fully saturated rings. The molecule has 0 aliphatic rings. The molecule has 0 aliphatic carbocycles. The summed E-state index contributed by atoms with van der Waals surface area (Å²) >= 11 is 0. The number of rotatable bonds is 8. The number of nitrogens with zero attached hydrogens (tertiary/aromatic N) is 1. The maximum Gasteiger partial charge on any atom is 0.155 e. The predicted octanol–water partition coefficient (Wildman–Crippen LogP) is 3.08. The number of hydrogen-bond donors (Lipinski definition) is 1.